The van der Waals surface area contributed by atoms with Gasteiger partial charge >= 0.3 is 0 Å². The van der Waals surface area contributed by atoms with Crippen molar-refractivity contribution < 1.29 is 4.39 Å². The summed E-state index contributed by atoms with van der Waals surface area (Å²) in [6.07, 6.45) is 8.49. The first kappa shape index (κ1) is 13.7. The van der Waals surface area contributed by atoms with E-state index in [1.807, 2.05) is 10.9 Å². The summed E-state index contributed by atoms with van der Waals surface area (Å²) in [6.45, 7) is 2.28. The minimum Gasteiger partial charge on any atom is -0.327 e. The SMILES string of the molecule is C[C@]12Cc3cnn(-c4ccc(F)cc4)c3C=C1CCC[C@@H]2N. The number of halogens is 1. The highest BCUT2D eigenvalue weighted by atomic mass is 19.1. The van der Waals surface area contributed by atoms with Gasteiger partial charge in [-0.05, 0) is 61.6 Å². The Morgan fingerprint density at radius 2 is 2.09 bits per heavy atom. The minimum atomic E-state index is -0.228. The van der Waals surface area contributed by atoms with Crippen molar-refractivity contribution in [2.75, 3.05) is 0 Å². The monoisotopic (exact) mass is 297 g/mol. The average molecular weight is 297 g/mol. The van der Waals surface area contributed by atoms with Crippen LogP contribution < -0.4 is 5.73 Å². The van der Waals surface area contributed by atoms with E-state index in [2.05, 4.69) is 18.1 Å². The van der Waals surface area contributed by atoms with Gasteiger partial charge in [-0.3, -0.25) is 0 Å². The second-order valence-corrected chi connectivity index (χ2v) is 6.71. The third kappa shape index (κ3) is 1.94. The molecule has 2 N–H and O–H groups in total. The van der Waals surface area contributed by atoms with E-state index in [9.17, 15) is 4.39 Å². The molecule has 1 aromatic carbocycles. The van der Waals surface area contributed by atoms with Gasteiger partial charge in [0, 0.05) is 11.5 Å². The summed E-state index contributed by atoms with van der Waals surface area (Å²) in [5, 5.41) is 4.52. The molecule has 2 aromatic rings. The maximum Gasteiger partial charge on any atom is 0.123 e. The summed E-state index contributed by atoms with van der Waals surface area (Å²) < 4.78 is 15.0. The number of hydrogen-bond donors (Lipinski definition) is 1. The summed E-state index contributed by atoms with van der Waals surface area (Å²) >= 11 is 0. The first-order valence-corrected chi connectivity index (χ1v) is 7.87. The van der Waals surface area contributed by atoms with Gasteiger partial charge in [0.2, 0.25) is 0 Å². The molecular formula is C18H20FN3. The number of nitrogens with two attached hydrogens (primary N) is 1. The molecule has 1 saturated carbocycles. The Kier molecular flexibility index (Phi) is 2.98. The van der Waals surface area contributed by atoms with Crippen molar-refractivity contribution in [1.29, 1.82) is 0 Å². The van der Waals surface area contributed by atoms with Crippen LogP contribution in [0.5, 0.6) is 0 Å². The highest BCUT2D eigenvalue weighted by Crippen LogP contribution is 2.47. The Hall–Kier alpha value is -1.94. The second kappa shape index (κ2) is 4.78. The molecule has 1 heterocycles. The van der Waals surface area contributed by atoms with Crippen LogP contribution in [0, 0.1) is 11.2 Å². The smallest absolute Gasteiger partial charge is 0.123 e. The van der Waals surface area contributed by atoms with Gasteiger partial charge in [-0.1, -0.05) is 12.5 Å². The van der Waals surface area contributed by atoms with Crippen molar-refractivity contribution in [1.82, 2.24) is 9.78 Å². The molecule has 22 heavy (non-hydrogen) atoms. The van der Waals surface area contributed by atoms with Gasteiger partial charge in [-0.25, -0.2) is 9.07 Å². The molecule has 2 atom stereocenters. The Balaban J connectivity index is 1.81. The molecule has 4 rings (SSSR count). The normalized spacial score (nSPS) is 27.0. The van der Waals surface area contributed by atoms with Gasteiger partial charge in [0.05, 0.1) is 17.6 Å². The van der Waals surface area contributed by atoms with Crippen LogP contribution in [0.15, 0.2) is 36.0 Å². The van der Waals surface area contributed by atoms with Crippen LogP contribution in [0.3, 0.4) is 0 Å². The van der Waals surface area contributed by atoms with E-state index in [-0.39, 0.29) is 17.3 Å². The van der Waals surface area contributed by atoms with Crippen LogP contribution in [-0.4, -0.2) is 15.8 Å². The van der Waals surface area contributed by atoms with Gasteiger partial charge in [0.1, 0.15) is 5.82 Å². The molecule has 2 aliphatic carbocycles. The summed E-state index contributed by atoms with van der Waals surface area (Å²) in [5.41, 5.74) is 11.1. The molecule has 0 radical (unpaired) electrons. The Morgan fingerprint density at radius 3 is 2.86 bits per heavy atom. The fraction of sp³-hybridized carbons (Fsp3) is 0.389. The van der Waals surface area contributed by atoms with Gasteiger partial charge < -0.3 is 5.73 Å². The largest absolute Gasteiger partial charge is 0.327 e. The number of nitrogens with zero attached hydrogens (tertiary/aromatic N) is 2. The maximum atomic E-state index is 13.1. The van der Waals surface area contributed by atoms with E-state index >= 15 is 0 Å². The van der Waals surface area contributed by atoms with Crippen LogP contribution in [0.4, 0.5) is 4.39 Å². The van der Waals surface area contributed by atoms with Crippen molar-refractivity contribution in [2.24, 2.45) is 11.1 Å². The third-order valence-electron chi connectivity index (χ3n) is 5.34. The summed E-state index contributed by atoms with van der Waals surface area (Å²) in [4.78, 5) is 0. The van der Waals surface area contributed by atoms with Crippen LogP contribution in [0.2, 0.25) is 0 Å². The van der Waals surface area contributed by atoms with Crippen molar-refractivity contribution in [3.63, 3.8) is 0 Å². The van der Waals surface area contributed by atoms with E-state index in [0.29, 0.717) is 0 Å². The molecule has 0 amide bonds. The van der Waals surface area contributed by atoms with Crippen molar-refractivity contribution >= 4 is 6.08 Å². The van der Waals surface area contributed by atoms with Crippen LogP contribution in [0.25, 0.3) is 11.8 Å². The molecule has 3 nitrogen and oxygen atoms in total. The highest BCUT2D eigenvalue weighted by molar-refractivity contribution is 5.61. The lowest BCUT2D eigenvalue weighted by molar-refractivity contribution is 0.251. The fourth-order valence-corrected chi connectivity index (χ4v) is 3.87. The molecule has 114 valence electrons. The molecule has 0 unspecified atom stereocenters. The van der Waals surface area contributed by atoms with E-state index in [4.69, 9.17) is 5.73 Å². The fourth-order valence-electron chi connectivity index (χ4n) is 3.87. The topological polar surface area (TPSA) is 43.8 Å². The highest BCUT2D eigenvalue weighted by Gasteiger charge is 2.41. The van der Waals surface area contributed by atoms with Gasteiger partial charge in [0.25, 0.3) is 0 Å². The van der Waals surface area contributed by atoms with E-state index in [1.165, 1.54) is 23.3 Å². The lowest BCUT2D eigenvalue weighted by Gasteiger charge is -2.44. The lowest BCUT2D eigenvalue weighted by Crippen LogP contribution is -2.46. The number of benzene rings is 1. The Bertz CT molecular complexity index is 744. The summed E-state index contributed by atoms with van der Waals surface area (Å²) in [6, 6.07) is 6.69. The average Bonchev–Trinajstić information content (AvgIpc) is 2.89. The predicted molar refractivity (Wildman–Crippen MR) is 85.1 cm³/mol. The first-order valence-electron chi connectivity index (χ1n) is 7.87. The van der Waals surface area contributed by atoms with E-state index < -0.39 is 0 Å². The third-order valence-corrected chi connectivity index (χ3v) is 5.34. The van der Waals surface area contributed by atoms with Crippen LogP contribution >= 0.6 is 0 Å². The molecule has 4 heteroatoms. The van der Waals surface area contributed by atoms with Gasteiger partial charge in [0.15, 0.2) is 0 Å². The van der Waals surface area contributed by atoms with Gasteiger partial charge in [-0.15, -0.1) is 0 Å². The van der Waals surface area contributed by atoms with Crippen LogP contribution in [0.1, 0.15) is 37.4 Å². The maximum absolute atomic E-state index is 13.1. The zero-order chi connectivity index (χ0) is 15.3. The van der Waals surface area contributed by atoms with Gasteiger partial charge in [-0.2, -0.15) is 5.10 Å². The number of rotatable bonds is 1. The standard InChI is InChI=1S/C18H20FN3/c1-18-10-12-11-21-22(15-7-5-14(19)6-8-15)16(12)9-13(18)3-2-4-17(18)20/h5-9,11,17H,2-4,10,20H2,1H3/t17-,18-/m0/s1. The number of hydrogen-bond acceptors (Lipinski definition) is 2. The Morgan fingerprint density at radius 1 is 1.32 bits per heavy atom. The van der Waals surface area contributed by atoms with Crippen molar-refractivity contribution in [3.8, 4) is 5.69 Å². The summed E-state index contributed by atoms with van der Waals surface area (Å²) in [5.74, 6) is -0.228. The Labute approximate surface area is 129 Å². The van der Waals surface area contributed by atoms with Crippen molar-refractivity contribution in [2.45, 2.75) is 38.6 Å². The minimum absolute atomic E-state index is 0.0574. The molecule has 0 bridgehead atoms. The molecule has 2 aliphatic rings. The van der Waals surface area contributed by atoms with E-state index in [1.54, 1.807) is 12.1 Å². The second-order valence-electron chi connectivity index (χ2n) is 6.71. The first-order chi connectivity index (χ1) is 10.6. The molecule has 1 aromatic heterocycles. The number of aromatic nitrogens is 2. The molecule has 0 aliphatic heterocycles. The summed E-state index contributed by atoms with van der Waals surface area (Å²) in [7, 11) is 0. The van der Waals surface area contributed by atoms with Crippen LogP contribution in [-0.2, 0) is 6.42 Å². The molecule has 1 fully saturated rings. The number of fused-ring (bicyclic) bond motifs is 2. The zero-order valence-corrected chi connectivity index (χ0v) is 12.7. The zero-order valence-electron chi connectivity index (χ0n) is 12.7. The predicted octanol–water partition coefficient (Wildman–Crippen LogP) is 3.47. The molecule has 0 saturated heterocycles. The molecular weight excluding hydrogens is 277 g/mol. The molecule has 0 spiro atoms. The van der Waals surface area contributed by atoms with E-state index in [0.717, 1.165) is 37.1 Å². The lowest BCUT2D eigenvalue weighted by atomic mass is 9.63. The quantitative estimate of drug-likeness (QED) is 0.876. The van der Waals surface area contributed by atoms with Crippen molar-refractivity contribution in [3.05, 3.63) is 53.1 Å².